The summed E-state index contributed by atoms with van der Waals surface area (Å²) in [4.78, 5) is 0. The molecule has 0 aliphatic carbocycles. The summed E-state index contributed by atoms with van der Waals surface area (Å²) >= 11 is 0. The highest BCUT2D eigenvalue weighted by Crippen LogP contribution is 2.24. The minimum atomic E-state index is -0.145. The molecule has 0 radical (unpaired) electrons. The van der Waals surface area contributed by atoms with Gasteiger partial charge in [0.1, 0.15) is 11.5 Å². The molecule has 6 heteroatoms. The van der Waals surface area contributed by atoms with Gasteiger partial charge in [0.05, 0.1) is 17.6 Å². The highest BCUT2D eigenvalue weighted by molar-refractivity contribution is 6.03. The molecule has 116 valence electrons. The lowest BCUT2D eigenvalue weighted by Gasteiger charge is -2.06. The van der Waals surface area contributed by atoms with Crippen LogP contribution in [0.2, 0.25) is 0 Å². The normalized spacial score (nSPS) is 11.6. The Kier molecular flexibility index (Phi) is 3.97. The second-order valence-electron chi connectivity index (χ2n) is 5.05. The Morgan fingerprint density at radius 3 is 2.57 bits per heavy atom. The first-order valence-corrected chi connectivity index (χ1v) is 6.99. The number of oxime groups is 1. The molecule has 0 saturated carbocycles. The van der Waals surface area contributed by atoms with Gasteiger partial charge < -0.3 is 15.4 Å². The molecule has 1 heterocycles. The molecular formula is C17H15N3O3. The number of aromatic nitrogens is 2. The number of hydrogen-bond donors (Lipinski definition) is 3. The number of phenols is 2. The van der Waals surface area contributed by atoms with E-state index in [1.165, 1.54) is 18.2 Å². The number of nitrogens with zero attached hydrogens (tertiary/aromatic N) is 3. The molecule has 0 atom stereocenters. The quantitative estimate of drug-likeness (QED) is 0.392. The molecule has 3 N–H and O–H groups in total. The van der Waals surface area contributed by atoms with Gasteiger partial charge in [-0.1, -0.05) is 23.4 Å². The highest BCUT2D eigenvalue weighted by Gasteiger charge is 2.13. The summed E-state index contributed by atoms with van der Waals surface area (Å²) in [6.07, 6.45) is 3.80. The Morgan fingerprint density at radius 1 is 1.09 bits per heavy atom. The second kappa shape index (κ2) is 6.23. The van der Waals surface area contributed by atoms with E-state index in [1.54, 1.807) is 10.9 Å². The molecule has 23 heavy (non-hydrogen) atoms. The van der Waals surface area contributed by atoms with E-state index in [1.807, 2.05) is 36.5 Å². The fraction of sp³-hybridized carbons (Fsp3) is 0.0588. The molecule has 6 nitrogen and oxygen atoms in total. The van der Waals surface area contributed by atoms with Gasteiger partial charge in [-0.15, -0.1) is 0 Å². The van der Waals surface area contributed by atoms with E-state index in [0.717, 1.165) is 11.3 Å². The van der Waals surface area contributed by atoms with Crippen molar-refractivity contribution in [2.24, 2.45) is 5.16 Å². The first kappa shape index (κ1) is 14.6. The third-order valence-corrected chi connectivity index (χ3v) is 3.44. The van der Waals surface area contributed by atoms with E-state index in [2.05, 4.69) is 10.3 Å². The lowest BCUT2D eigenvalue weighted by atomic mass is 10.0. The second-order valence-corrected chi connectivity index (χ2v) is 5.05. The zero-order valence-electron chi connectivity index (χ0n) is 12.2. The summed E-state index contributed by atoms with van der Waals surface area (Å²) in [5.74, 6) is -0.200. The summed E-state index contributed by atoms with van der Waals surface area (Å²) in [6.45, 7) is 0. The Balaban J connectivity index is 1.85. The number of benzene rings is 2. The summed E-state index contributed by atoms with van der Waals surface area (Å²) < 4.78 is 1.72. The molecule has 3 rings (SSSR count). The fourth-order valence-corrected chi connectivity index (χ4v) is 2.32. The van der Waals surface area contributed by atoms with Crippen LogP contribution in [0.1, 0.15) is 11.1 Å². The van der Waals surface area contributed by atoms with Gasteiger partial charge in [0, 0.05) is 24.2 Å². The molecule has 3 aromatic rings. The van der Waals surface area contributed by atoms with Gasteiger partial charge in [-0.2, -0.15) is 5.10 Å². The highest BCUT2D eigenvalue weighted by atomic mass is 16.4. The Labute approximate surface area is 132 Å². The van der Waals surface area contributed by atoms with Crippen LogP contribution in [0.5, 0.6) is 11.5 Å². The zero-order chi connectivity index (χ0) is 16.2. The van der Waals surface area contributed by atoms with Crippen LogP contribution >= 0.6 is 0 Å². The maximum Gasteiger partial charge on any atom is 0.128 e. The molecule has 0 fully saturated rings. The molecule has 0 amide bonds. The Morgan fingerprint density at radius 2 is 1.87 bits per heavy atom. The molecule has 1 aromatic heterocycles. The smallest absolute Gasteiger partial charge is 0.128 e. The first-order valence-electron chi connectivity index (χ1n) is 6.99. The van der Waals surface area contributed by atoms with Gasteiger partial charge in [-0.25, -0.2) is 4.68 Å². The van der Waals surface area contributed by atoms with Crippen LogP contribution < -0.4 is 0 Å². The average Bonchev–Trinajstić information content (AvgIpc) is 3.03. The first-order chi connectivity index (χ1) is 11.2. The summed E-state index contributed by atoms with van der Waals surface area (Å²) in [6, 6.07) is 13.8. The van der Waals surface area contributed by atoms with Crippen molar-refractivity contribution in [1.82, 2.24) is 9.78 Å². The molecule has 0 aliphatic heterocycles. The van der Waals surface area contributed by atoms with Gasteiger partial charge in [0.25, 0.3) is 0 Å². The lowest BCUT2D eigenvalue weighted by molar-refractivity contribution is 0.318. The van der Waals surface area contributed by atoms with Crippen LogP contribution in [0.25, 0.3) is 5.69 Å². The van der Waals surface area contributed by atoms with Crippen molar-refractivity contribution < 1.29 is 15.4 Å². The van der Waals surface area contributed by atoms with Crippen LogP contribution in [0.3, 0.4) is 0 Å². The van der Waals surface area contributed by atoms with Crippen LogP contribution in [0, 0.1) is 0 Å². The molecule has 2 aromatic carbocycles. The minimum absolute atomic E-state index is 0.0552. The summed E-state index contributed by atoms with van der Waals surface area (Å²) in [7, 11) is 0. The third-order valence-electron chi connectivity index (χ3n) is 3.44. The molecule has 0 saturated heterocycles. The molecule has 0 unspecified atom stereocenters. The number of rotatable bonds is 4. The van der Waals surface area contributed by atoms with E-state index in [-0.39, 0.29) is 17.2 Å². The van der Waals surface area contributed by atoms with Gasteiger partial charge in [0.2, 0.25) is 0 Å². The average molecular weight is 309 g/mol. The van der Waals surface area contributed by atoms with E-state index < -0.39 is 0 Å². The zero-order valence-corrected chi connectivity index (χ0v) is 12.2. The third kappa shape index (κ3) is 3.16. The van der Waals surface area contributed by atoms with Crippen molar-refractivity contribution in [1.29, 1.82) is 0 Å². The maximum atomic E-state index is 9.88. The SMILES string of the molecule is ON=C(Cc1cnn(-c2ccccc2)c1)c1ccc(O)cc1O. The topological polar surface area (TPSA) is 90.9 Å². The van der Waals surface area contributed by atoms with Crippen LogP contribution in [0.15, 0.2) is 66.1 Å². The monoisotopic (exact) mass is 309 g/mol. The van der Waals surface area contributed by atoms with Gasteiger partial charge in [0.15, 0.2) is 0 Å². The van der Waals surface area contributed by atoms with Gasteiger partial charge in [-0.05, 0) is 29.8 Å². The molecule has 0 aliphatic rings. The summed E-state index contributed by atoms with van der Waals surface area (Å²) in [5, 5.41) is 36.0. The van der Waals surface area contributed by atoms with E-state index in [0.29, 0.717) is 12.0 Å². The standard InChI is InChI=1S/C17H15N3O3/c21-14-6-7-15(17(22)9-14)16(19-23)8-12-10-18-20(11-12)13-4-2-1-3-5-13/h1-7,9-11,21-23H,8H2. The van der Waals surface area contributed by atoms with Gasteiger partial charge >= 0.3 is 0 Å². The van der Waals surface area contributed by atoms with Crippen molar-refractivity contribution in [2.45, 2.75) is 6.42 Å². The number of phenolic OH excluding ortho intramolecular Hbond substituents is 2. The van der Waals surface area contributed by atoms with Crippen molar-refractivity contribution in [3.63, 3.8) is 0 Å². The number of para-hydroxylation sites is 1. The minimum Gasteiger partial charge on any atom is -0.508 e. The number of hydrogen-bond acceptors (Lipinski definition) is 5. The van der Waals surface area contributed by atoms with Gasteiger partial charge in [-0.3, -0.25) is 0 Å². The largest absolute Gasteiger partial charge is 0.508 e. The lowest BCUT2D eigenvalue weighted by Crippen LogP contribution is -2.05. The van der Waals surface area contributed by atoms with Crippen molar-refractivity contribution in [3.8, 4) is 17.2 Å². The van der Waals surface area contributed by atoms with Crippen molar-refractivity contribution >= 4 is 5.71 Å². The molecule has 0 bridgehead atoms. The fourth-order valence-electron chi connectivity index (χ4n) is 2.32. The molecule has 0 spiro atoms. The van der Waals surface area contributed by atoms with Crippen LogP contribution in [0.4, 0.5) is 0 Å². The number of aromatic hydroxyl groups is 2. The predicted molar refractivity (Wildman–Crippen MR) is 85.4 cm³/mol. The summed E-state index contributed by atoms with van der Waals surface area (Å²) in [5.41, 5.74) is 2.40. The Hall–Kier alpha value is -3.28. The van der Waals surface area contributed by atoms with E-state index >= 15 is 0 Å². The Bertz CT molecular complexity index is 841. The predicted octanol–water partition coefficient (Wildman–Crippen LogP) is 2.70. The van der Waals surface area contributed by atoms with E-state index in [9.17, 15) is 15.4 Å². The molecular weight excluding hydrogens is 294 g/mol. The van der Waals surface area contributed by atoms with E-state index in [4.69, 9.17) is 0 Å². The van der Waals surface area contributed by atoms with Crippen LogP contribution in [-0.4, -0.2) is 30.9 Å². The van der Waals surface area contributed by atoms with Crippen molar-refractivity contribution in [3.05, 3.63) is 72.1 Å². The van der Waals surface area contributed by atoms with Crippen molar-refractivity contribution in [2.75, 3.05) is 0 Å². The maximum absolute atomic E-state index is 9.88. The van der Waals surface area contributed by atoms with Crippen LogP contribution in [-0.2, 0) is 6.42 Å².